The average Bonchev–Trinajstić information content (AvgIpc) is 2.75. The molecule has 5 unspecified atom stereocenters. The van der Waals surface area contributed by atoms with Crippen LogP contribution in [0.3, 0.4) is 0 Å². The SMILES string of the molecule is CC1CC1CNC1CC(C)C1C. The second-order valence-electron chi connectivity index (χ2n) is 5.06. The summed E-state index contributed by atoms with van der Waals surface area (Å²) in [5, 5.41) is 3.69. The quantitative estimate of drug-likeness (QED) is 0.680. The molecule has 0 aromatic rings. The van der Waals surface area contributed by atoms with Crippen molar-refractivity contribution in [1.29, 1.82) is 0 Å². The fraction of sp³-hybridized carbons (Fsp3) is 1.00. The molecule has 0 aliphatic heterocycles. The van der Waals surface area contributed by atoms with E-state index in [4.69, 9.17) is 0 Å². The summed E-state index contributed by atoms with van der Waals surface area (Å²) in [6.07, 6.45) is 2.87. The monoisotopic (exact) mass is 167 g/mol. The van der Waals surface area contributed by atoms with Crippen LogP contribution in [0.25, 0.3) is 0 Å². The van der Waals surface area contributed by atoms with E-state index in [1.807, 2.05) is 0 Å². The van der Waals surface area contributed by atoms with E-state index in [2.05, 4.69) is 26.1 Å². The molecule has 0 heterocycles. The standard InChI is InChI=1S/C11H21N/c1-7-5-11(9(7)3)12-6-10-4-8(10)2/h7-12H,4-6H2,1-3H3. The van der Waals surface area contributed by atoms with Gasteiger partial charge in [0, 0.05) is 6.04 Å². The second-order valence-corrected chi connectivity index (χ2v) is 5.06. The highest BCUT2D eigenvalue weighted by molar-refractivity contribution is 4.92. The van der Waals surface area contributed by atoms with E-state index in [9.17, 15) is 0 Å². The number of nitrogens with one attached hydrogen (secondary N) is 1. The summed E-state index contributed by atoms with van der Waals surface area (Å²) in [5.74, 6) is 3.89. The van der Waals surface area contributed by atoms with E-state index < -0.39 is 0 Å². The van der Waals surface area contributed by atoms with Crippen LogP contribution in [0.1, 0.15) is 33.6 Å². The number of rotatable bonds is 3. The summed E-state index contributed by atoms with van der Waals surface area (Å²) >= 11 is 0. The highest BCUT2D eigenvalue weighted by Crippen LogP contribution is 2.38. The Bertz CT molecular complexity index is 166. The minimum atomic E-state index is 0.841. The van der Waals surface area contributed by atoms with Crippen molar-refractivity contribution in [3.8, 4) is 0 Å². The molecule has 1 nitrogen and oxygen atoms in total. The van der Waals surface area contributed by atoms with Crippen LogP contribution in [-0.2, 0) is 0 Å². The van der Waals surface area contributed by atoms with Crippen molar-refractivity contribution in [1.82, 2.24) is 5.32 Å². The molecule has 2 fully saturated rings. The maximum absolute atomic E-state index is 3.69. The summed E-state index contributed by atoms with van der Waals surface area (Å²) < 4.78 is 0. The maximum Gasteiger partial charge on any atom is 0.00980 e. The summed E-state index contributed by atoms with van der Waals surface area (Å²) in [4.78, 5) is 0. The normalized spacial score (nSPS) is 51.8. The Balaban J connectivity index is 1.62. The van der Waals surface area contributed by atoms with E-state index in [0.717, 1.165) is 29.7 Å². The van der Waals surface area contributed by atoms with Crippen LogP contribution < -0.4 is 5.32 Å². The molecule has 2 aliphatic carbocycles. The highest BCUT2D eigenvalue weighted by atomic mass is 15.0. The average molecular weight is 167 g/mol. The van der Waals surface area contributed by atoms with Gasteiger partial charge in [-0.2, -0.15) is 0 Å². The number of hydrogen-bond acceptors (Lipinski definition) is 1. The molecule has 0 spiro atoms. The van der Waals surface area contributed by atoms with Crippen LogP contribution in [-0.4, -0.2) is 12.6 Å². The van der Waals surface area contributed by atoms with Crippen LogP contribution in [0.15, 0.2) is 0 Å². The molecule has 5 atom stereocenters. The number of hydrogen-bond donors (Lipinski definition) is 1. The van der Waals surface area contributed by atoms with E-state index in [1.165, 1.54) is 19.4 Å². The Labute approximate surface area is 75.9 Å². The lowest BCUT2D eigenvalue weighted by molar-refractivity contribution is 0.136. The zero-order chi connectivity index (χ0) is 8.72. The first kappa shape index (κ1) is 8.55. The molecule has 0 aromatic carbocycles. The van der Waals surface area contributed by atoms with Gasteiger partial charge in [-0.15, -0.1) is 0 Å². The van der Waals surface area contributed by atoms with Gasteiger partial charge in [-0.1, -0.05) is 20.8 Å². The van der Waals surface area contributed by atoms with Crippen LogP contribution >= 0.6 is 0 Å². The van der Waals surface area contributed by atoms with Gasteiger partial charge >= 0.3 is 0 Å². The molecule has 2 rings (SSSR count). The summed E-state index contributed by atoms with van der Waals surface area (Å²) in [6, 6.07) is 0.841. The molecule has 0 amide bonds. The topological polar surface area (TPSA) is 12.0 Å². The first-order valence-corrected chi connectivity index (χ1v) is 5.42. The van der Waals surface area contributed by atoms with Crippen LogP contribution in [0.2, 0.25) is 0 Å². The molecule has 70 valence electrons. The van der Waals surface area contributed by atoms with Crippen molar-refractivity contribution >= 4 is 0 Å². The van der Waals surface area contributed by atoms with Crippen molar-refractivity contribution < 1.29 is 0 Å². The predicted octanol–water partition coefficient (Wildman–Crippen LogP) is 2.28. The molecule has 0 aromatic heterocycles. The Kier molecular flexibility index (Phi) is 2.16. The summed E-state index contributed by atoms with van der Waals surface area (Å²) in [7, 11) is 0. The van der Waals surface area contributed by atoms with Crippen molar-refractivity contribution in [2.45, 2.75) is 39.7 Å². The minimum absolute atomic E-state index is 0.841. The molecule has 0 radical (unpaired) electrons. The molecule has 2 aliphatic rings. The van der Waals surface area contributed by atoms with Gasteiger partial charge in [-0.25, -0.2) is 0 Å². The molecular formula is C11H21N. The van der Waals surface area contributed by atoms with Gasteiger partial charge in [0.2, 0.25) is 0 Å². The van der Waals surface area contributed by atoms with Gasteiger partial charge < -0.3 is 5.32 Å². The minimum Gasteiger partial charge on any atom is -0.313 e. The third kappa shape index (κ3) is 1.52. The largest absolute Gasteiger partial charge is 0.313 e. The molecule has 0 bridgehead atoms. The van der Waals surface area contributed by atoms with Gasteiger partial charge in [-0.05, 0) is 43.1 Å². The van der Waals surface area contributed by atoms with E-state index in [-0.39, 0.29) is 0 Å². The van der Waals surface area contributed by atoms with E-state index >= 15 is 0 Å². The fourth-order valence-corrected chi connectivity index (χ4v) is 2.29. The molecule has 1 N–H and O–H groups in total. The fourth-order valence-electron chi connectivity index (χ4n) is 2.29. The van der Waals surface area contributed by atoms with Crippen LogP contribution in [0, 0.1) is 23.7 Å². The van der Waals surface area contributed by atoms with Gasteiger partial charge in [-0.3, -0.25) is 0 Å². The Hall–Kier alpha value is -0.0400. The third-order valence-electron chi connectivity index (χ3n) is 4.08. The first-order chi connectivity index (χ1) is 5.68. The van der Waals surface area contributed by atoms with E-state index in [0.29, 0.717) is 0 Å². The smallest absolute Gasteiger partial charge is 0.00980 e. The van der Waals surface area contributed by atoms with Crippen molar-refractivity contribution in [3.63, 3.8) is 0 Å². The van der Waals surface area contributed by atoms with Crippen LogP contribution in [0.5, 0.6) is 0 Å². The molecule has 1 heteroatoms. The van der Waals surface area contributed by atoms with Crippen molar-refractivity contribution in [2.24, 2.45) is 23.7 Å². The van der Waals surface area contributed by atoms with Crippen molar-refractivity contribution in [3.05, 3.63) is 0 Å². The first-order valence-electron chi connectivity index (χ1n) is 5.42. The molecule has 0 saturated heterocycles. The van der Waals surface area contributed by atoms with Crippen molar-refractivity contribution in [2.75, 3.05) is 6.54 Å². The Morgan fingerprint density at radius 2 is 1.75 bits per heavy atom. The second kappa shape index (κ2) is 3.02. The lowest BCUT2D eigenvalue weighted by Crippen LogP contribution is -2.48. The molecule has 2 saturated carbocycles. The lowest BCUT2D eigenvalue weighted by atomic mass is 9.71. The van der Waals surface area contributed by atoms with Gasteiger partial charge in [0.25, 0.3) is 0 Å². The third-order valence-corrected chi connectivity index (χ3v) is 4.08. The zero-order valence-electron chi connectivity index (χ0n) is 8.51. The Morgan fingerprint density at radius 1 is 1.08 bits per heavy atom. The molecular weight excluding hydrogens is 146 g/mol. The zero-order valence-corrected chi connectivity index (χ0v) is 8.51. The lowest BCUT2D eigenvalue weighted by Gasteiger charge is -2.41. The predicted molar refractivity (Wildman–Crippen MR) is 52.0 cm³/mol. The van der Waals surface area contributed by atoms with Gasteiger partial charge in [0.1, 0.15) is 0 Å². The maximum atomic E-state index is 3.69. The van der Waals surface area contributed by atoms with Crippen LogP contribution in [0.4, 0.5) is 0 Å². The van der Waals surface area contributed by atoms with Gasteiger partial charge in [0.05, 0.1) is 0 Å². The highest BCUT2D eigenvalue weighted by Gasteiger charge is 2.37. The Morgan fingerprint density at radius 3 is 2.17 bits per heavy atom. The summed E-state index contributed by atoms with van der Waals surface area (Å²) in [6.45, 7) is 8.38. The van der Waals surface area contributed by atoms with Gasteiger partial charge in [0.15, 0.2) is 0 Å². The summed E-state index contributed by atoms with van der Waals surface area (Å²) in [5.41, 5.74) is 0. The van der Waals surface area contributed by atoms with E-state index in [1.54, 1.807) is 0 Å². The molecule has 12 heavy (non-hydrogen) atoms.